The number of nitrogens with zero attached hydrogens (tertiary/aromatic N) is 1. The number of ether oxygens (including phenoxy) is 1. The van der Waals surface area contributed by atoms with Gasteiger partial charge in [0, 0.05) is 11.9 Å². The molecular weight excluding hydrogens is 248 g/mol. The summed E-state index contributed by atoms with van der Waals surface area (Å²) < 4.78 is 5.44. The van der Waals surface area contributed by atoms with E-state index in [0.29, 0.717) is 30.2 Å². The van der Waals surface area contributed by atoms with Crippen molar-refractivity contribution in [1.29, 1.82) is 0 Å². The smallest absolute Gasteiger partial charge is 0.215 e. The Morgan fingerprint density at radius 2 is 2.22 bits per heavy atom. The molecule has 4 nitrogen and oxygen atoms in total. The summed E-state index contributed by atoms with van der Waals surface area (Å²) in [6.07, 6.45) is 0. The molecule has 1 heterocycles. The molecule has 1 aromatic carbocycles. The second-order valence-electron chi connectivity index (χ2n) is 3.59. The van der Waals surface area contributed by atoms with Gasteiger partial charge in [0.1, 0.15) is 16.5 Å². The van der Waals surface area contributed by atoms with Crippen LogP contribution in [0.1, 0.15) is 28.0 Å². The number of aromatic nitrogens is 1. The highest BCUT2D eigenvalue weighted by molar-refractivity contribution is 7.09. The lowest BCUT2D eigenvalue weighted by atomic mass is 10.1. The van der Waals surface area contributed by atoms with Gasteiger partial charge < -0.3 is 10.5 Å². The van der Waals surface area contributed by atoms with Crippen LogP contribution in [0.15, 0.2) is 29.6 Å². The van der Waals surface area contributed by atoms with Gasteiger partial charge in [0.25, 0.3) is 0 Å². The number of carbonyl (C=O) groups is 1. The van der Waals surface area contributed by atoms with Crippen LogP contribution in [0.3, 0.4) is 0 Å². The minimum atomic E-state index is -0.130. The first-order valence-electron chi connectivity index (χ1n) is 5.67. The van der Waals surface area contributed by atoms with E-state index in [1.54, 1.807) is 17.5 Å². The summed E-state index contributed by atoms with van der Waals surface area (Å²) in [5.41, 5.74) is 6.45. The van der Waals surface area contributed by atoms with E-state index in [2.05, 4.69) is 4.98 Å². The highest BCUT2D eigenvalue weighted by Gasteiger charge is 2.16. The second kappa shape index (κ2) is 5.75. The minimum absolute atomic E-state index is 0.130. The molecule has 0 unspecified atom stereocenters. The summed E-state index contributed by atoms with van der Waals surface area (Å²) in [6.45, 7) is 2.76. The Morgan fingerprint density at radius 1 is 1.44 bits per heavy atom. The second-order valence-corrected chi connectivity index (χ2v) is 4.53. The van der Waals surface area contributed by atoms with Crippen LogP contribution >= 0.6 is 11.3 Å². The van der Waals surface area contributed by atoms with Crippen LogP contribution < -0.4 is 10.5 Å². The number of rotatable bonds is 5. The van der Waals surface area contributed by atoms with Crippen LogP contribution in [0.4, 0.5) is 0 Å². The first-order valence-corrected chi connectivity index (χ1v) is 6.55. The summed E-state index contributed by atoms with van der Waals surface area (Å²) in [7, 11) is 0. The van der Waals surface area contributed by atoms with Crippen molar-refractivity contribution in [2.75, 3.05) is 6.61 Å². The summed E-state index contributed by atoms with van der Waals surface area (Å²) in [4.78, 5) is 16.5. The van der Waals surface area contributed by atoms with Crippen LogP contribution in [-0.2, 0) is 6.54 Å². The van der Waals surface area contributed by atoms with E-state index in [1.807, 2.05) is 19.1 Å². The van der Waals surface area contributed by atoms with Gasteiger partial charge in [0.2, 0.25) is 5.78 Å². The zero-order valence-corrected chi connectivity index (χ0v) is 10.9. The molecule has 0 radical (unpaired) electrons. The number of carbonyl (C=O) groups excluding carboxylic acids is 1. The maximum atomic E-state index is 12.3. The molecule has 0 bridgehead atoms. The van der Waals surface area contributed by atoms with Gasteiger partial charge in [0.05, 0.1) is 12.2 Å². The van der Waals surface area contributed by atoms with E-state index >= 15 is 0 Å². The molecule has 18 heavy (non-hydrogen) atoms. The maximum Gasteiger partial charge on any atom is 0.215 e. The van der Waals surface area contributed by atoms with Crippen molar-refractivity contribution in [3.05, 3.63) is 45.9 Å². The standard InChI is InChI=1S/C13H14N2O2S/c1-2-17-11-6-4-3-5-9(11)13(16)10-8-18-12(7-14)15-10/h3-6,8H,2,7,14H2,1H3. The van der Waals surface area contributed by atoms with E-state index in [4.69, 9.17) is 10.5 Å². The Hall–Kier alpha value is -1.72. The molecule has 0 spiro atoms. The SMILES string of the molecule is CCOc1ccccc1C(=O)c1csc(CN)n1. The lowest BCUT2D eigenvalue weighted by Gasteiger charge is -2.07. The summed E-state index contributed by atoms with van der Waals surface area (Å²) in [5.74, 6) is 0.460. The number of hydrogen-bond acceptors (Lipinski definition) is 5. The number of nitrogens with two attached hydrogens (primary N) is 1. The van der Waals surface area contributed by atoms with Crippen molar-refractivity contribution in [3.8, 4) is 5.75 Å². The molecule has 0 fully saturated rings. The van der Waals surface area contributed by atoms with Crippen molar-refractivity contribution in [2.24, 2.45) is 5.73 Å². The molecule has 0 aliphatic heterocycles. The number of benzene rings is 1. The van der Waals surface area contributed by atoms with E-state index in [9.17, 15) is 4.79 Å². The molecule has 0 aliphatic rings. The third-order valence-corrected chi connectivity index (χ3v) is 3.26. The van der Waals surface area contributed by atoms with Gasteiger partial charge in [-0.05, 0) is 19.1 Å². The molecule has 2 N–H and O–H groups in total. The van der Waals surface area contributed by atoms with Crippen molar-refractivity contribution < 1.29 is 9.53 Å². The molecule has 2 rings (SSSR count). The Balaban J connectivity index is 2.33. The first kappa shape index (κ1) is 12.7. The third kappa shape index (κ3) is 2.57. The quantitative estimate of drug-likeness (QED) is 0.839. The molecular formula is C13H14N2O2S. The predicted molar refractivity (Wildman–Crippen MR) is 71.0 cm³/mol. The van der Waals surface area contributed by atoms with E-state index < -0.39 is 0 Å². The average molecular weight is 262 g/mol. The van der Waals surface area contributed by atoms with E-state index in [1.165, 1.54) is 11.3 Å². The number of thiazole rings is 1. The fourth-order valence-electron chi connectivity index (χ4n) is 1.58. The van der Waals surface area contributed by atoms with Crippen molar-refractivity contribution >= 4 is 17.1 Å². The Labute approximate surface area is 109 Å². The zero-order valence-electron chi connectivity index (χ0n) is 10.1. The average Bonchev–Trinajstić information content (AvgIpc) is 2.88. The van der Waals surface area contributed by atoms with Crippen LogP contribution in [0.2, 0.25) is 0 Å². The topological polar surface area (TPSA) is 65.2 Å². The molecule has 0 saturated carbocycles. The lowest BCUT2D eigenvalue weighted by molar-refractivity contribution is 0.103. The van der Waals surface area contributed by atoms with Crippen molar-refractivity contribution in [1.82, 2.24) is 4.98 Å². The molecule has 2 aromatic rings. The monoisotopic (exact) mass is 262 g/mol. The minimum Gasteiger partial charge on any atom is -0.493 e. The predicted octanol–water partition coefficient (Wildman–Crippen LogP) is 2.23. The summed E-state index contributed by atoms with van der Waals surface area (Å²) in [5, 5.41) is 2.49. The Morgan fingerprint density at radius 3 is 2.89 bits per heavy atom. The maximum absolute atomic E-state index is 12.3. The third-order valence-electron chi connectivity index (χ3n) is 2.39. The summed E-state index contributed by atoms with van der Waals surface area (Å²) >= 11 is 1.39. The molecule has 5 heteroatoms. The molecule has 0 atom stereocenters. The highest BCUT2D eigenvalue weighted by atomic mass is 32.1. The van der Waals surface area contributed by atoms with Crippen LogP contribution in [0.25, 0.3) is 0 Å². The van der Waals surface area contributed by atoms with Crippen LogP contribution in [0.5, 0.6) is 5.75 Å². The lowest BCUT2D eigenvalue weighted by Crippen LogP contribution is -2.06. The molecule has 94 valence electrons. The molecule has 0 saturated heterocycles. The van der Waals surface area contributed by atoms with Crippen molar-refractivity contribution in [2.45, 2.75) is 13.5 Å². The Bertz CT molecular complexity index is 551. The highest BCUT2D eigenvalue weighted by Crippen LogP contribution is 2.22. The number of para-hydroxylation sites is 1. The normalized spacial score (nSPS) is 10.3. The van der Waals surface area contributed by atoms with E-state index in [0.717, 1.165) is 5.01 Å². The van der Waals surface area contributed by atoms with E-state index in [-0.39, 0.29) is 5.78 Å². The van der Waals surface area contributed by atoms with Gasteiger partial charge in [-0.3, -0.25) is 4.79 Å². The Kier molecular flexibility index (Phi) is 4.07. The molecule has 0 amide bonds. The van der Waals surface area contributed by atoms with Gasteiger partial charge in [-0.15, -0.1) is 11.3 Å². The van der Waals surface area contributed by atoms with Gasteiger partial charge in [-0.25, -0.2) is 4.98 Å². The van der Waals surface area contributed by atoms with Crippen molar-refractivity contribution in [3.63, 3.8) is 0 Å². The number of ketones is 1. The fourth-order valence-corrected chi connectivity index (χ4v) is 2.24. The first-order chi connectivity index (χ1) is 8.76. The van der Waals surface area contributed by atoms with Gasteiger partial charge in [-0.1, -0.05) is 12.1 Å². The molecule has 0 aliphatic carbocycles. The largest absolute Gasteiger partial charge is 0.493 e. The van der Waals surface area contributed by atoms with Gasteiger partial charge in [-0.2, -0.15) is 0 Å². The van der Waals surface area contributed by atoms with Crippen LogP contribution in [-0.4, -0.2) is 17.4 Å². The van der Waals surface area contributed by atoms with Gasteiger partial charge in [0.15, 0.2) is 0 Å². The molecule has 1 aromatic heterocycles. The fraction of sp³-hybridized carbons (Fsp3) is 0.231. The zero-order chi connectivity index (χ0) is 13.0. The van der Waals surface area contributed by atoms with Gasteiger partial charge >= 0.3 is 0 Å². The van der Waals surface area contributed by atoms with Crippen LogP contribution in [0, 0.1) is 0 Å². The number of hydrogen-bond donors (Lipinski definition) is 1. The summed E-state index contributed by atoms with van der Waals surface area (Å²) in [6, 6.07) is 7.18.